The number of ether oxygens (including phenoxy) is 1. The maximum atomic E-state index is 13.2. The molecule has 0 aliphatic rings. The maximum Gasteiger partial charge on any atom is 0.416 e. The highest BCUT2D eigenvalue weighted by Crippen LogP contribution is 2.37. The summed E-state index contributed by atoms with van der Waals surface area (Å²) in [7, 11) is 7.30. The molecule has 0 spiro atoms. The molecule has 0 radical (unpaired) electrons. The van der Waals surface area contributed by atoms with Crippen molar-refractivity contribution < 1.29 is 47.6 Å². The van der Waals surface area contributed by atoms with Gasteiger partial charge in [-0.2, -0.15) is 13.2 Å². The minimum Gasteiger partial charge on any atom is -0.506 e. The van der Waals surface area contributed by atoms with Crippen LogP contribution in [-0.2, 0) is 33.7 Å². The third kappa shape index (κ3) is 11.0. The van der Waals surface area contributed by atoms with Crippen molar-refractivity contribution in [2.75, 3.05) is 41.9 Å². The third-order valence-corrected chi connectivity index (χ3v) is 13.9. The van der Waals surface area contributed by atoms with Crippen LogP contribution in [0.2, 0.25) is 5.02 Å². The smallest absolute Gasteiger partial charge is 0.416 e. The minimum atomic E-state index is -4.51. The first-order chi connectivity index (χ1) is 38.0. The van der Waals surface area contributed by atoms with E-state index in [-0.39, 0.29) is 44.5 Å². The molecule has 3 amide bonds. The van der Waals surface area contributed by atoms with Crippen LogP contribution in [0.3, 0.4) is 0 Å². The lowest BCUT2D eigenvalue weighted by molar-refractivity contribution is -0.137. The van der Waals surface area contributed by atoms with Gasteiger partial charge in [-0.1, -0.05) is 79.2 Å². The molecule has 3 N–H and O–H groups in total. The van der Waals surface area contributed by atoms with Gasteiger partial charge in [0.15, 0.2) is 0 Å². The highest BCUT2D eigenvalue weighted by atomic mass is 35.5. The number of nitrogens with zero attached hydrogens (tertiary/aromatic N) is 6. The van der Waals surface area contributed by atoms with Gasteiger partial charge in [0.1, 0.15) is 39.7 Å². The molecule has 16 nitrogen and oxygen atoms in total. The largest absolute Gasteiger partial charge is 0.506 e. The Balaban J connectivity index is 0.000000174. The van der Waals surface area contributed by atoms with Gasteiger partial charge < -0.3 is 48.5 Å². The van der Waals surface area contributed by atoms with E-state index < -0.39 is 57.5 Å². The molecule has 9 aromatic rings. The first kappa shape index (κ1) is 58.3. The summed E-state index contributed by atoms with van der Waals surface area (Å²) in [4.78, 5) is 81.4. The summed E-state index contributed by atoms with van der Waals surface area (Å²) in [5.41, 5.74) is 0.156. The van der Waals surface area contributed by atoms with Gasteiger partial charge in [-0.3, -0.25) is 28.8 Å². The molecule has 0 atom stereocenters. The van der Waals surface area contributed by atoms with Crippen LogP contribution < -0.4 is 36.1 Å². The van der Waals surface area contributed by atoms with Crippen LogP contribution in [0.4, 0.5) is 30.2 Å². The monoisotopic (exact) mass is 1110 g/mol. The highest BCUT2D eigenvalue weighted by Gasteiger charge is 2.32. The molecule has 3 heterocycles. The molecule has 0 aliphatic carbocycles. The van der Waals surface area contributed by atoms with Gasteiger partial charge in [-0.05, 0) is 105 Å². The number of pyridine rings is 3. The van der Waals surface area contributed by atoms with Crippen LogP contribution in [0, 0.1) is 0 Å². The predicted molar refractivity (Wildman–Crippen MR) is 305 cm³/mol. The van der Waals surface area contributed by atoms with Crippen molar-refractivity contribution in [2.45, 2.75) is 33.4 Å². The van der Waals surface area contributed by atoms with Crippen molar-refractivity contribution in [2.24, 2.45) is 21.1 Å². The summed E-state index contributed by atoms with van der Waals surface area (Å²) in [5, 5.41) is 33.5. The first-order valence-electron chi connectivity index (χ1n) is 25.0. The molecular formula is C60H56ClF3N6O10. The number of hydrogen-bond donors (Lipinski definition) is 3. The van der Waals surface area contributed by atoms with Gasteiger partial charge in [0, 0.05) is 63.7 Å². The summed E-state index contributed by atoms with van der Waals surface area (Å²) in [6.45, 7) is 6.36. The molecule has 20 heteroatoms. The van der Waals surface area contributed by atoms with Crippen molar-refractivity contribution >= 4 is 79.1 Å². The molecule has 6 aromatic carbocycles. The molecule has 0 fully saturated rings. The Morgan fingerprint density at radius 2 is 0.925 bits per heavy atom. The molecule has 0 saturated heterocycles. The normalized spacial score (nSPS) is 11.1. The van der Waals surface area contributed by atoms with Crippen LogP contribution in [0.15, 0.2) is 154 Å². The lowest BCUT2D eigenvalue weighted by atomic mass is 10.0. The Kier molecular flexibility index (Phi) is 17.6. The molecule has 80 heavy (non-hydrogen) atoms. The van der Waals surface area contributed by atoms with Gasteiger partial charge in [0.25, 0.3) is 34.4 Å². The van der Waals surface area contributed by atoms with Crippen LogP contribution in [0.25, 0.3) is 32.7 Å². The number of rotatable bonds is 10. The van der Waals surface area contributed by atoms with E-state index in [0.717, 1.165) is 34.7 Å². The van der Waals surface area contributed by atoms with Crippen LogP contribution in [0.5, 0.6) is 23.0 Å². The van der Waals surface area contributed by atoms with Crippen LogP contribution in [-0.4, -0.2) is 74.0 Å². The molecule has 0 bridgehead atoms. The summed E-state index contributed by atoms with van der Waals surface area (Å²) in [5.74, 6) is -2.83. The zero-order valence-electron chi connectivity index (χ0n) is 44.8. The number of aromatic nitrogens is 3. The molecule has 9 rings (SSSR count). The zero-order valence-corrected chi connectivity index (χ0v) is 45.6. The van der Waals surface area contributed by atoms with Gasteiger partial charge in [0.05, 0.1) is 45.0 Å². The number of methoxy groups -OCH3 is 1. The number of anilines is 3. The Hall–Kier alpha value is -9.36. The van der Waals surface area contributed by atoms with Crippen LogP contribution >= 0.6 is 11.6 Å². The fraction of sp³-hybridized carbons (Fsp3) is 0.200. The Morgan fingerprint density at radius 3 is 1.36 bits per heavy atom. The quantitative estimate of drug-likeness (QED) is 0.118. The number of benzene rings is 6. The first-order valence-corrected chi connectivity index (χ1v) is 25.3. The number of hydrogen-bond acceptors (Lipinski definition) is 10. The number of alkyl halides is 3. The Bertz CT molecular complexity index is 4020. The minimum absolute atomic E-state index is 0.129. The van der Waals surface area contributed by atoms with E-state index in [4.69, 9.17) is 16.3 Å². The van der Waals surface area contributed by atoms with Crippen molar-refractivity contribution in [1.29, 1.82) is 0 Å². The van der Waals surface area contributed by atoms with Gasteiger partial charge in [-0.15, -0.1) is 0 Å². The average Bonchev–Trinajstić information content (AvgIpc) is 3.65. The fourth-order valence-corrected chi connectivity index (χ4v) is 9.55. The van der Waals surface area contributed by atoms with E-state index in [1.165, 1.54) is 44.7 Å². The topological polar surface area (TPSA) is 197 Å². The number of carbonyl (C=O) groups excluding carboxylic acids is 3. The second-order valence-electron chi connectivity index (χ2n) is 18.1. The number of halogens is 4. The second kappa shape index (κ2) is 24.1. The van der Waals surface area contributed by atoms with Gasteiger partial charge in [-0.25, -0.2) is 0 Å². The van der Waals surface area contributed by atoms with Crippen LogP contribution in [0.1, 0.15) is 63.0 Å². The van der Waals surface area contributed by atoms with Crippen molar-refractivity contribution in [3.05, 3.63) is 203 Å². The van der Waals surface area contributed by atoms with Crippen molar-refractivity contribution in [3.63, 3.8) is 0 Å². The average molecular weight is 1110 g/mol. The summed E-state index contributed by atoms with van der Waals surface area (Å²) in [6.07, 6.45) is -3.82. The van der Waals surface area contributed by atoms with Gasteiger partial charge in [0.2, 0.25) is 0 Å². The van der Waals surface area contributed by atoms with E-state index in [2.05, 4.69) is 0 Å². The molecule has 0 unspecified atom stereocenters. The number of para-hydroxylation sites is 2. The number of carbonyl (C=O) groups is 3. The van der Waals surface area contributed by atoms with E-state index in [1.54, 1.807) is 99.9 Å². The third-order valence-electron chi connectivity index (χ3n) is 13.6. The maximum absolute atomic E-state index is 13.2. The SMILES string of the molecule is CCN(C(=O)c1c(O)c2c(Cl)cccc2n(C)c1=O)c1ccccc1.CCc1cccc2c1c(O)c(C(=O)N(CC)c1ccccc1)c(=O)n2C.COc1cccc2c1c(O)c(C(=O)N(C)c1ccc(C(F)(F)F)cc1)c(=O)n2C. The highest BCUT2D eigenvalue weighted by molar-refractivity contribution is 6.36. The lowest BCUT2D eigenvalue weighted by Gasteiger charge is -2.22. The Labute approximate surface area is 461 Å². The summed E-state index contributed by atoms with van der Waals surface area (Å²) < 4.78 is 47.4. The molecule has 3 aromatic heterocycles. The number of aromatic hydroxyl groups is 3. The number of fused-ring (bicyclic) bond motifs is 3. The number of aryl methyl sites for hydroxylation is 4. The molecule has 0 saturated carbocycles. The lowest BCUT2D eigenvalue weighted by Crippen LogP contribution is -2.36. The predicted octanol–water partition coefficient (Wildman–Crippen LogP) is 10.6. The van der Waals surface area contributed by atoms with E-state index in [0.29, 0.717) is 58.2 Å². The Morgan fingerprint density at radius 1 is 0.525 bits per heavy atom. The van der Waals surface area contributed by atoms with E-state index in [9.17, 15) is 57.3 Å². The zero-order chi connectivity index (χ0) is 58.5. The van der Waals surface area contributed by atoms with Crippen molar-refractivity contribution in [3.8, 4) is 23.0 Å². The summed E-state index contributed by atoms with van der Waals surface area (Å²) in [6, 6.07) is 37.3. The number of amides is 3. The fourth-order valence-electron chi connectivity index (χ4n) is 9.29. The standard InChI is InChI=1S/C21H22N2O3.C20H17F3N2O4.C19H17ClN2O3/c1-4-14-10-9-13-16-17(14)19(24)18(20(25)22(16)3)21(26)23(5-2)15-11-7-6-8-12-15;1-24(12-9-7-11(8-10-12)20(21,22)23)18(27)16-17(26)15-13(25(2)19(16)28)5-4-6-14(15)29-3;1-3-22(12-8-5-4-6-9-12)19(25)16-17(23)15-13(20)10-7-11-14(15)21(2)18(16)24/h6-13,24H,4-5H2,1-3H3;4-10,26H,1-3H3;4-11,23H,3H2,1-2H3. The van der Waals surface area contributed by atoms with E-state index >= 15 is 0 Å². The second-order valence-corrected chi connectivity index (χ2v) is 18.5. The molecular weight excluding hydrogens is 1060 g/mol. The van der Waals surface area contributed by atoms with Crippen molar-refractivity contribution in [1.82, 2.24) is 13.7 Å². The molecule has 414 valence electrons. The van der Waals surface area contributed by atoms with E-state index in [1.807, 2.05) is 50.2 Å². The summed E-state index contributed by atoms with van der Waals surface area (Å²) >= 11 is 6.19. The van der Waals surface area contributed by atoms with Gasteiger partial charge >= 0.3 is 6.18 Å². The molecule has 0 aliphatic heterocycles.